The molecule has 0 saturated carbocycles. The Morgan fingerprint density at radius 3 is 3.13 bits per heavy atom. The molecule has 4 nitrogen and oxygen atoms in total. The van der Waals surface area contributed by atoms with Crippen LogP contribution in [-0.4, -0.2) is 18.6 Å². The summed E-state index contributed by atoms with van der Waals surface area (Å²) in [7, 11) is 0. The highest BCUT2D eigenvalue weighted by Gasteiger charge is 2.27. The Bertz CT molecular complexity index is 404. The highest BCUT2D eigenvalue weighted by atomic mass is 32.1. The van der Waals surface area contributed by atoms with Gasteiger partial charge in [0.1, 0.15) is 17.2 Å². The first kappa shape index (κ1) is 10.4. The molecule has 1 aliphatic rings. The molecule has 0 bridgehead atoms. The Kier molecular flexibility index (Phi) is 2.62. The summed E-state index contributed by atoms with van der Waals surface area (Å²) in [4.78, 5) is 15.4. The monoisotopic (exact) mass is 231 g/mol. The fourth-order valence-corrected chi connectivity index (χ4v) is 2.81. The molecule has 1 aliphatic heterocycles. The summed E-state index contributed by atoms with van der Waals surface area (Å²) in [6.07, 6.45) is 0.653. The lowest BCUT2D eigenvalue weighted by Gasteiger charge is -2.19. The molecule has 0 radical (unpaired) electrons. The summed E-state index contributed by atoms with van der Waals surface area (Å²) in [5.41, 5.74) is 6.34. The average Bonchev–Trinajstić information content (AvgIpc) is 2.54. The van der Waals surface area contributed by atoms with Crippen LogP contribution in [0.15, 0.2) is 0 Å². The summed E-state index contributed by atoms with van der Waals surface area (Å²) < 4.78 is 17.2. The minimum absolute atomic E-state index is 0.0650. The molecular formula is C9H10FNO3S. The first-order valence-corrected chi connectivity index (χ1v) is 5.28. The van der Waals surface area contributed by atoms with E-state index in [0.717, 1.165) is 4.88 Å². The van der Waals surface area contributed by atoms with Crippen LogP contribution in [0.4, 0.5) is 4.53 Å². The lowest BCUT2D eigenvalue weighted by Crippen LogP contribution is -2.33. The van der Waals surface area contributed by atoms with Crippen LogP contribution in [0.1, 0.15) is 20.1 Å². The summed E-state index contributed by atoms with van der Waals surface area (Å²) in [5.74, 6) is -0.314. The van der Waals surface area contributed by atoms with Crippen molar-refractivity contribution in [1.82, 2.24) is 0 Å². The van der Waals surface area contributed by atoms with Crippen molar-refractivity contribution in [2.75, 3.05) is 6.61 Å². The van der Waals surface area contributed by atoms with E-state index < -0.39 is 5.97 Å². The molecule has 2 heterocycles. The number of rotatable bonds is 1. The average molecular weight is 231 g/mol. The van der Waals surface area contributed by atoms with Gasteiger partial charge < -0.3 is 10.5 Å². The Labute approximate surface area is 89.7 Å². The fourth-order valence-electron chi connectivity index (χ4n) is 1.60. The quantitative estimate of drug-likeness (QED) is 0.792. The van der Waals surface area contributed by atoms with Crippen molar-refractivity contribution < 1.29 is 19.0 Å². The van der Waals surface area contributed by atoms with Crippen molar-refractivity contribution in [2.45, 2.75) is 19.4 Å². The van der Waals surface area contributed by atoms with E-state index >= 15 is 0 Å². The zero-order valence-corrected chi connectivity index (χ0v) is 8.90. The molecular weight excluding hydrogens is 221 g/mol. The van der Waals surface area contributed by atoms with Crippen LogP contribution in [0.3, 0.4) is 0 Å². The van der Waals surface area contributed by atoms with Gasteiger partial charge in [0.25, 0.3) is 0 Å². The zero-order chi connectivity index (χ0) is 11.0. The predicted octanol–water partition coefficient (Wildman–Crippen LogP) is 1.36. The van der Waals surface area contributed by atoms with Crippen LogP contribution < -0.4 is 10.5 Å². The molecule has 0 aromatic carbocycles. The molecule has 1 aromatic rings. The normalized spacial score (nSPS) is 19.3. The van der Waals surface area contributed by atoms with Crippen LogP contribution >= 0.6 is 11.3 Å². The van der Waals surface area contributed by atoms with Crippen molar-refractivity contribution in [3.63, 3.8) is 0 Å². The molecule has 82 valence electrons. The number of halogens is 1. The smallest absolute Gasteiger partial charge is 0.389 e. The number of nitrogens with two attached hydrogens (primary N) is 1. The SMILES string of the molecule is Cc1c(C(=O)OF)sc2c1OCC(N)C2. The third kappa shape index (κ3) is 1.70. The second kappa shape index (κ2) is 3.79. The van der Waals surface area contributed by atoms with E-state index in [1.807, 2.05) is 0 Å². The molecule has 1 atom stereocenters. The summed E-state index contributed by atoms with van der Waals surface area (Å²) >= 11 is 1.18. The number of fused-ring (bicyclic) bond motifs is 1. The third-order valence-electron chi connectivity index (χ3n) is 2.30. The standard InChI is InChI=1S/C9H10FNO3S/c1-4-7-6(2-5(11)3-13-7)15-8(4)9(12)14-10/h5H,2-3,11H2,1H3. The summed E-state index contributed by atoms with van der Waals surface area (Å²) in [5, 5.41) is 0. The molecule has 1 unspecified atom stereocenters. The molecule has 6 heteroatoms. The Hall–Kier alpha value is -1.14. The van der Waals surface area contributed by atoms with E-state index in [1.165, 1.54) is 11.3 Å². The van der Waals surface area contributed by atoms with Crippen LogP contribution in [0.5, 0.6) is 5.75 Å². The van der Waals surface area contributed by atoms with E-state index in [4.69, 9.17) is 10.5 Å². The number of carbonyl (C=O) groups excluding carboxylic acids is 1. The van der Waals surface area contributed by atoms with Crippen molar-refractivity contribution in [1.29, 1.82) is 0 Å². The van der Waals surface area contributed by atoms with Crippen LogP contribution in [-0.2, 0) is 11.4 Å². The van der Waals surface area contributed by atoms with Crippen molar-refractivity contribution >= 4 is 17.3 Å². The highest BCUT2D eigenvalue weighted by molar-refractivity contribution is 7.14. The van der Waals surface area contributed by atoms with E-state index in [1.54, 1.807) is 6.92 Å². The van der Waals surface area contributed by atoms with Gasteiger partial charge in [-0.2, -0.15) is 0 Å². The van der Waals surface area contributed by atoms with Crippen molar-refractivity contribution in [3.8, 4) is 5.75 Å². The van der Waals surface area contributed by atoms with Gasteiger partial charge >= 0.3 is 5.97 Å². The van der Waals surface area contributed by atoms with Crippen LogP contribution in [0.25, 0.3) is 0 Å². The number of ether oxygens (including phenoxy) is 1. The van der Waals surface area contributed by atoms with Crippen LogP contribution in [0.2, 0.25) is 0 Å². The molecule has 0 saturated heterocycles. The largest absolute Gasteiger partial charge is 0.490 e. The van der Waals surface area contributed by atoms with Gasteiger partial charge in [-0.05, 0) is 6.92 Å². The van der Waals surface area contributed by atoms with E-state index in [-0.39, 0.29) is 10.9 Å². The van der Waals surface area contributed by atoms with E-state index in [9.17, 15) is 9.32 Å². The molecule has 1 aromatic heterocycles. The zero-order valence-electron chi connectivity index (χ0n) is 8.08. The van der Waals surface area contributed by atoms with Gasteiger partial charge in [-0.15, -0.1) is 11.3 Å². The molecule has 2 N–H and O–H groups in total. The lowest BCUT2D eigenvalue weighted by atomic mass is 10.1. The van der Waals surface area contributed by atoms with Gasteiger partial charge in [0.2, 0.25) is 0 Å². The van der Waals surface area contributed by atoms with Crippen molar-refractivity contribution in [3.05, 3.63) is 15.3 Å². The topological polar surface area (TPSA) is 61.5 Å². The van der Waals surface area contributed by atoms with E-state index in [2.05, 4.69) is 4.94 Å². The van der Waals surface area contributed by atoms with Gasteiger partial charge in [-0.25, -0.2) is 9.74 Å². The second-order valence-corrected chi connectivity index (χ2v) is 4.55. The maximum Gasteiger partial charge on any atom is 0.389 e. The lowest BCUT2D eigenvalue weighted by molar-refractivity contribution is -0.0784. The first-order chi connectivity index (χ1) is 7.13. The van der Waals surface area contributed by atoms with Gasteiger partial charge in [-0.1, -0.05) is 0 Å². The van der Waals surface area contributed by atoms with Gasteiger partial charge in [0.15, 0.2) is 0 Å². The highest BCUT2D eigenvalue weighted by Crippen LogP contribution is 2.38. The second-order valence-electron chi connectivity index (χ2n) is 3.45. The summed E-state index contributed by atoms with van der Waals surface area (Å²) in [6.45, 7) is 2.13. The molecule has 15 heavy (non-hydrogen) atoms. The molecule has 0 fully saturated rings. The number of thiophene rings is 1. The number of hydrogen-bond acceptors (Lipinski definition) is 5. The Balaban J connectivity index is 2.40. The molecule has 0 amide bonds. The Morgan fingerprint density at radius 1 is 1.73 bits per heavy atom. The first-order valence-electron chi connectivity index (χ1n) is 4.47. The third-order valence-corrected chi connectivity index (χ3v) is 3.58. The molecule has 2 rings (SSSR count). The fraction of sp³-hybridized carbons (Fsp3) is 0.444. The molecule has 0 spiro atoms. The maximum atomic E-state index is 11.8. The molecule has 0 aliphatic carbocycles. The minimum Gasteiger partial charge on any atom is -0.490 e. The van der Waals surface area contributed by atoms with Crippen molar-refractivity contribution in [2.24, 2.45) is 5.73 Å². The van der Waals surface area contributed by atoms with Gasteiger partial charge in [-0.3, -0.25) is 0 Å². The summed E-state index contributed by atoms with van der Waals surface area (Å²) in [6, 6.07) is -0.0650. The minimum atomic E-state index is -0.968. The number of carbonyl (C=O) groups is 1. The Morgan fingerprint density at radius 2 is 2.47 bits per heavy atom. The number of hydrogen-bond donors (Lipinski definition) is 1. The van der Waals surface area contributed by atoms with E-state index in [0.29, 0.717) is 24.3 Å². The van der Waals surface area contributed by atoms with Gasteiger partial charge in [0, 0.05) is 27.4 Å². The maximum absolute atomic E-state index is 11.8. The van der Waals surface area contributed by atoms with Crippen LogP contribution in [0, 0.1) is 6.92 Å². The van der Waals surface area contributed by atoms with Gasteiger partial charge in [0.05, 0.1) is 0 Å². The predicted molar refractivity (Wildman–Crippen MR) is 52.8 cm³/mol.